The highest BCUT2D eigenvalue weighted by Gasteiger charge is 2.07. The van der Waals surface area contributed by atoms with E-state index in [2.05, 4.69) is 16.5 Å². The molecule has 0 bridgehead atoms. The highest BCUT2D eigenvalue weighted by Crippen LogP contribution is 2.22. The van der Waals surface area contributed by atoms with Crippen molar-refractivity contribution >= 4 is 45.6 Å². The summed E-state index contributed by atoms with van der Waals surface area (Å²) in [5.74, 6) is 0. The third kappa shape index (κ3) is 4.22. The Kier molecular flexibility index (Phi) is 6.39. The summed E-state index contributed by atoms with van der Waals surface area (Å²) < 4.78 is 2.16. The van der Waals surface area contributed by atoms with E-state index >= 15 is 0 Å². The molecule has 0 spiro atoms. The van der Waals surface area contributed by atoms with Gasteiger partial charge >= 0.3 is 0 Å². The van der Waals surface area contributed by atoms with Crippen LogP contribution in [0.15, 0.2) is 77.6 Å². The molecule has 3 aromatic rings. The fraction of sp³-hybridized carbons (Fsp3) is 0.0556. The third-order valence-corrected chi connectivity index (χ3v) is 4.35. The van der Waals surface area contributed by atoms with Gasteiger partial charge in [0.2, 0.25) is 0 Å². The number of thiazole rings is 1. The summed E-state index contributed by atoms with van der Waals surface area (Å²) in [6.45, 7) is 4.57. The number of halogens is 2. The van der Waals surface area contributed by atoms with Crippen LogP contribution in [0, 0.1) is 0 Å². The average Bonchev–Trinajstić information content (AvgIpc) is 2.92. The molecule has 0 aliphatic heterocycles. The number of para-hydroxylation sites is 1. The van der Waals surface area contributed by atoms with E-state index in [1.165, 1.54) is 0 Å². The highest BCUT2D eigenvalue weighted by molar-refractivity contribution is 8.93. The first-order valence-corrected chi connectivity index (χ1v) is 8.18. The lowest BCUT2D eigenvalue weighted by molar-refractivity contribution is 0.800. The summed E-state index contributed by atoms with van der Waals surface area (Å²) in [4.78, 5) is 5.69. The molecular formula is C18H16BrClN2S. The lowest BCUT2D eigenvalue weighted by Crippen LogP contribution is -2.14. The lowest BCUT2D eigenvalue weighted by atomic mass is 10.2. The quantitative estimate of drug-likeness (QED) is 0.481. The van der Waals surface area contributed by atoms with Crippen LogP contribution in [0.2, 0.25) is 5.02 Å². The molecule has 0 aliphatic rings. The summed E-state index contributed by atoms with van der Waals surface area (Å²) >= 11 is 7.60. The van der Waals surface area contributed by atoms with Crippen molar-refractivity contribution in [3.05, 3.63) is 82.5 Å². The molecule has 5 heteroatoms. The van der Waals surface area contributed by atoms with Gasteiger partial charge in [-0.2, -0.15) is 0 Å². The number of nitrogens with zero attached hydrogens (tertiary/aromatic N) is 2. The molecule has 0 unspecified atom stereocenters. The Morgan fingerprint density at radius 3 is 2.43 bits per heavy atom. The Labute approximate surface area is 155 Å². The first kappa shape index (κ1) is 17.7. The fourth-order valence-corrected chi connectivity index (χ4v) is 3.25. The smallest absolute Gasteiger partial charge is 0.190 e. The molecule has 3 rings (SSSR count). The first-order valence-electron chi connectivity index (χ1n) is 6.93. The number of hydrogen-bond acceptors (Lipinski definition) is 2. The molecule has 0 saturated heterocycles. The van der Waals surface area contributed by atoms with Crippen molar-refractivity contribution < 1.29 is 0 Å². The van der Waals surface area contributed by atoms with Crippen LogP contribution in [0.5, 0.6) is 0 Å². The predicted octanol–water partition coefficient (Wildman–Crippen LogP) is 5.87. The van der Waals surface area contributed by atoms with Gasteiger partial charge in [-0.15, -0.1) is 34.9 Å². The molecular weight excluding hydrogens is 392 g/mol. The second-order valence-corrected chi connectivity index (χ2v) is 6.03. The Hall–Kier alpha value is -1.62. The fourth-order valence-electron chi connectivity index (χ4n) is 2.19. The van der Waals surface area contributed by atoms with Gasteiger partial charge in [0.15, 0.2) is 4.80 Å². The molecule has 0 radical (unpaired) electrons. The van der Waals surface area contributed by atoms with E-state index < -0.39 is 0 Å². The van der Waals surface area contributed by atoms with Crippen LogP contribution in [0.3, 0.4) is 0 Å². The van der Waals surface area contributed by atoms with Gasteiger partial charge in [0.25, 0.3) is 0 Å². The minimum atomic E-state index is 0. The van der Waals surface area contributed by atoms with Crippen molar-refractivity contribution in [3.8, 4) is 11.3 Å². The molecule has 0 atom stereocenters. The topological polar surface area (TPSA) is 17.3 Å². The zero-order chi connectivity index (χ0) is 15.4. The van der Waals surface area contributed by atoms with Gasteiger partial charge in [0.05, 0.1) is 11.4 Å². The molecule has 2 nitrogen and oxygen atoms in total. The van der Waals surface area contributed by atoms with E-state index in [-0.39, 0.29) is 17.0 Å². The van der Waals surface area contributed by atoms with Crippen LogP contribution < -0.4 is 4.80 Å². The van der Waals surface area contributed by atoms with E-state index in [1.54, 1.807) is 11.3 Å². The number of allylic oxidation sites excluding steroid dienone is 1. The van der Waals surface area contributed by atoms with Gasteiger partial charge in [-0.05, 0) is 29.8 Å². The second kappa shape index (κ2) is 8.29. The maximum atomic E-state index is 5.97. The van der Waals surface area contributed by atoms with Gasteiger partial charge in [-0.1, -0.05) is 48.0 Å². The largest absolute Gasteiger partial charge is 0.313 e. The van der Waals surface area contributed by atoms with E-state index in [9.17, 15) is 0 Å². The number of benzene rings is 2. The molecule has 0 N–H and O–H groups in total. The van der Waals surface area contributed by atoms with Crippen LogP contribution in [-0.2, 0) is 6.54 Å². The molecule has 0 fully saturated rings. The molecule has 0 amide bonds. The van der Waals surface area contributed by atoms with E-state index in [0.29, 0.717) is 6.54 Å². The lowest BCUT2D eigenvalue weighted by Gasteiger charge is -2.06. The van der Waals surface area contributed by atoms with Crippen LogP contribution in [0.25, 0.3) is 11.3 Å². The Bertz CT molecular complexity index is 835. The average molecular weight is 408 g/mol. The maximum absolute atomic E-state index is 5.97. The zero-order valence-electron chi connectivity index (χ0n) is 12.4. The van der Waals surface area contributed by atoms with Gasteiger partial charge < -0.3 is 4.57 Å². The van der Waals surface area contributed by atoms with E-state index in [1.807, 2.05) is 60.7 Å². The van der Waals surface area contributed by atoms with Crippen molar-refractivity contribution in [3.63, 3.8) is 0 Å². The van der Waals surface area contributed by atoms with Crippen LogP contribution in [0.4, 0.5) is 5.69 Å². The van der Waals surface area contributed by atoms with Crippen LogP contribution >= 0.6 is 39.9 Å². The van der Waals surface area contributed by atoms with E-state index in [4.69, 9.17) is 16.6 Å². The Morgan fingerprint density at radius 1 is 1.09 bits per heavy atom. The SMILES string of the molecule is Br.C=CCn1c(-c2ccc(Cl)cc2)csc1=Nc1ccccc1. The van der Waals surface area contributed by atoms with Crippen LogP contribution in [-0.4, -0.2) is 4.57 Å². The minimum absolute atomic E-state index is 0. The summed E-state index contributed by atoms with van der Waals surface area (Å²) in [6.07, 6.45) is 1.89. The summed E-state index contributed by atoms with van der Waals surface area (Å²) in [7, 11) is 0. The molecule has 2 aromatic carbocycles. The number of rotatable bonds is 4. The van der Waals surface area contributed by atoms with Gasteiger partial charge in [-0.25, -0.2) is 4.99 Å². The molecule has 0 aliphatic carbocycles. The Balaban J connectivity index is 0.00000192. The van der Waals surface area contributed by atoms with Crippen LogP contribution in [0.1, 0.15) is 0 Å². The van der Waals surface area contributed by atoms with Gasteiger partial charge in [0, 0.05) is 16.9 Å². The minimum Gasteiger partial charge on any atom is -0.313 e. The Morgan fingerprint density at radius 2 is 1.78 bits per heavy atom. The van der Waals surface area contributed by atoms with Gasteiger partial charge in [0.1, 0.15) is 0 Å². The second-order valence-electron chi connectivity index (χ2n) is 4.76. The van der Waals surface area contributed by atoms with Crippen molar-refractivity contribution in [2.24, 2.45) is 4.99 Å². The summed E-state index contributed by atoms with van der Waals surface area (Å²) in [5.41, 5.74) is 3.19. The molecule has 1 heterocycles. The predicted molar refractivity (Wildman–Crippen MR) is 105 cm³/mol. The first-order chi connectivity index (χ1) is 10.8. The van der Waals surface area contributed by atoms with Crippen molar-refractivity contribution in [2.45, 2.75) is 6.54 Å². The van der Waals surface area contributed by atoms with Crippen molar-refractivity contribution in [1.82, 2.24) is 4.57 Å². The molecule has 1 aromatic heterocycles. The normalized spacial score (nSPS) is 11.1. The van der Waals surface area contributed by atoms with Crippen molar-refractivity contribution in [1.29, 1.82) is 0 Å². The third-order valence-electron chi connectivity index (χ3n) is 3.23. The maximum Gasteiger partial charge on any atom is 0.190 e. The zero-order valence-corrected chi connectivity index (χ0v) is 15.6. The monoisotopic (exact) mass is 406 g/mol. The molecule has 118 valence electrons. The molecule has 0 saturated carbocycles. The number of hydrogen-bond donors (Lipinski definition) is 0. The molecule has 23 heavy (non-hydrogen) atoms. The van der Waals surface area contributed by atoms with Crippen molar-refractivity contribution in [2.75, 3.05) is 0 Å². The standard InChI is InChI=1S/C18H15ClN2S.BrH/c1-2-12-21-17(14-8-10-15(19)11-9-14)13-22-18(21)20-16-6-4-3-5-7-16;/h2-11,13H,1,12H2;1H. The van der Waals surface area contributed by atoms with E-state index in [0.717, 1.165) is 26.8 Å². The summed E-state index contributed by atoms with van der Waals surface area (Å²) in [6, 6.07) is 17.8. The number of aromatic nitrogens is 1. The highest BCUT2D eigenvalue weighted by atomic mass is 79.9. The summed E-state index contributed by atoms with van der Waals surface area (Å²) in [5, 5.41) is 2.86. The van der Waals surface area contributed by atoms with Gasteiger partial charge in [-0.3, -0.25) is 0 Å².